The minimum absolute atomic E-state index is 0.344. The number of likely N-dealkylation sites (N-methyl/N-ethyl adjacent to an activating group) is 1. The van der Waals surface area contributed by atoms with Gasteiger partial charge < -0.3 is 20.3 Å². The molecule has 2 rings (SSSR count). The zero-order valence-corrected chi connectivity index (χ0v) is 12.1. The highest BCUT2D eigenvalue weighted by Crippen LogP contribution is 2.22. The Kier molecular flexibility index (Phi) is 4.79. The smallest absolute Gasteiger partial charge is 0.341 e. The number of esters is 1. The molecule has 1 aliphatic heterocycles. The largest absolute Gasteiger partial charge is 0.462 e. The average molecular weight is 278 g/mol. The molecule has 20 heavy (non-hydrogen) atoms. The van der Waals surface area contributed by atoms with Crippen LogP contribution in [-0.2, 0) is 4.74 Å². The Balaban J connectivity index is 2.21. The molecule has 110 valence electrons. The first-order valence-electron chi connectivity index (χ1n) is 7.05. The van der Waals surface area contributed by atoms with Crippen LogP contribution in [0.2, 0.25) is 0 Å². The minimum Gasteiger partial charge on any atom is -0.462 e. The number of hydrogen-bond donors (Lipinski definition) is 1. The van der Waals surface area contributed by atoms with Gasteiger partial charge in [-0.3, -0.25) is 0 Å². The third-order valence-corrected chi connectivity index (χ3v) is 3.50. The van der Waals surface area contributed by atoms with E-state index in [9.17, 15) is 4.79 Å². The molecule has 1 saturated heterocycles. The molecule has 0 aliphatic carbocycles. The molecule has 1 fully saturated rings. The quantitative estimate of drug-likeness (QED) is 0.828. The molecule has 0 radical (unpaired) electrons. The van der Waals surface area contributed by atoms with Gasteiger partial charge in [-0.1, -0.05) is 6.92 Å². The highest BCUT2D eigenvalue weighted by Gasteiger charge is 2.23. The van der Waals surface area contributed by atoms with Crippen molar-refractivity contribution in [1.29, 1.82) is 0 Å². The lowest BCUT2D eigenvalue weighted by Gasteiger charge is -2.35. The van der Waals surface area contributed by atoms with Crippen molar-refractivity contribution in [3.05, 3.63) is 17.8 Å². The molecule has 6 nitrogen and oxygen atoms in total. The molecule has 1 aromatic heterocycles. The van der Waals surface area contributed by atoms with E-state index in [1.54, 1.807) is 19.2 Å². The van der Waals surface area contributed by atoms with E-state index in [0.29, 0.717) is 23.7 Å². The van der Waals surface area contributed by atoms with Gasteiger partial charge in [0.15, 0.2) is 0 Å². The van der Waals surface area contributed by atoms with Gasteiger partial charge >= 0.3 is 5.97 Å². The summed E-state index contributed by atoms with van der Waals surface area (Å²) in [4.78, 5) is 20.9. The summed E-state index contributed by atoms with van der Waals surface area (Å²) in [6.07, 6.45) is 1.59. The Morgan fingerprint density at radius 2 is 2.05 bits per heavy atom. The van der Waals surface area contributed by atoms with Gasteiger partial charge in [0.1, 0.15) is 11.4 Å². The number of ether oxygens (including phenoxy) is 1. The van der Waals surface area contributed by atoms with Crippen LogP contribution in [0.4, 0.5) is 11.5 Å². The van der Waals surface area contributed by atoms with Crippen molar-refractivity contribution in [2.24, 2.45) is 0 Å². The number of rotatable bonds is 4. The first kappa shape index (κ1) is 14.6. The lowest BCUT2D eigenvalue weighted by molar-refractivity contribution is 0.0526. The third kappa shape index (κ3) is 3.19. The number of nitrogens with zero attached hydrogens (tertiary/aromatic N) is 3. The SMILES string of the molecule is CCOC(=O)c1cc(N)cnc1N1CCN(CC)CC1. The topological polar surface area (TPSA) is 71.7 Å². The number of carbonyl (C=O) groups excluding carboxylic acids is 1. The number of pyridine rings is 1. The van der Waals surface area contributed by atoms with Crippen LogP contribution in [-0.4, -0.2) is 55.2 Å². The van der Waals surface area contributed by atoms with Crippen molar-refractivity contribution >= 4 is 17.5 Å². The van der Waals surface area contributed by atoms with Crippen LogP contribution in [0.5, 0.6) is 0 Å². The molecular weight excluding hydrogens is 256 g/mol. The van der Waals surface area contributed by atoms with E-state index in [-0.39, 0.29) is 5.97 Å². The van der Waals surface area contributed by atoms with E-state index in [0.717, 1.165) is 32.7 Å². The molecular formula is C14H22N4O2. The van der Waals surface area contributed by atoms with Gasteiger partial charge in [-0.05, 0) is 19.5 Å². The Morgan fingerprint density at radius 1 is 1.35 bits per heavy atom. The molecule has 0 bridgehead atoms. The summed E-state index contributed by atoms with van der Waals surface area (Å²) in [7, 11) is 0. The highest BCUT2D eigenvalue weighted by atomic mass is 16.5. The molecule has 0 atom stereocenters. The number of aromatic nitrogens is 1. The van der Waals surface area contributed by atoms with Gasteiger partial charge in [-0.15, -0.1) is 0 Å². The normalized spacial score (nSPS) is 16.2. The molecule has 1 aliphatic rings. The Morgan fingerprint density at radius 3 is 2.65 bits per heavy atom. The number of anilines is 2. The summed E-state index contributed by atoms with van der Waals surface area (Å²) in [5.41, 5.74) is 6.67. The predicted molar refractivity (Wildman–Crippen MR) is 78.9 cm³/mol. The van der Waals surface area contributed by atoms with Gasteiger partial charge in [0.05, 0.1) is 18.5 Å². The fourth-order valence-corrected chi connectivity index (χ4v) is 2.36. The van der Waals surface area contributed by atoms with Crippen LogP contribution in [0.1, 0.15) is 24.2 Å². The van der Waals surface area contributed by atoms with Crippen LogP contribution in [0.25, 0.3) is 0 Å². The van der Waals surface area contributed by atoms with E-state index in [4.69, 9.17) is 10.5 Å². The van der Waals surface area contributed by atoms with Gasteiger partial charge in [0.2, 0.25) is 0 Å². The molecule has 0 saturated carbocycles. The third-order valence-electron chi connectivity index (χ3n) is 3.50. The summed E-state index contributed by atoms with van der Waals surface area (Å²) < 4.78 is 5.09. The summed E-state index contributed by atoms with van der Waals surface area (Å²) in [6, 6.07) is 1.65. The van der Waals surface area contributed by atoms with Crippen molar-refractivity contribution in [3.8, 4) is 0 Å². The lowest BCUT2D eigenvalue weighted by atomic mass is 10.2. The van der Waals surface area contributed by atoms with Crippen LogP contribution < -0.4 is 10.6 Å². The predicted octanol–water partition coefficient (Wildman–Crippen LogP) is 0.982. The summed E-state index contributed by atoms with van der Waals surface area (Å²) in [6.45, 7) is 9.01. The fourth-order valence-electron chi connectivity index (χ4n) is 2.36. The Labute approximate surface area is 119 Å². The van der Waals surface area contributed by atoms with Crippen LogP contribution >= 0.6 is 0 Å². The van der Waals surface area contributed by atoms with Gasteiger partial charge in [0, 0.05) is 26.2 Å². The van der Waals surface area contributed by atoms with Crippen LogP contribution in [0.15, 0.2) is 12.3 Å². The van der Waals surface area contributed by atoms with Crippen molar-refractivity contribution in [2.45, 2.75) is 13.8 Å². The Hall–Kier alpha value is -1.82. The first-order chi connectivity index (χ1) is 9.65. The number of piperazine rings is 1. The molecule has 0 spiro atoms. The molecule has 2 heterocycles. The zero-order valence-electron chi connectivity index (χ0n) is 12.1. The van der Waals surface area contributed by atoms with E-state index in [1.807, 2.05) is 0 Å². The maximum absolute atomic E-state index is 12.0. The van der Waals surface area contributed by atoms with E-state index >= 15 is 0 Å². The van der Waals surface area contributed by atoms with Crippen molar-refractivity contribution in [2.75, 3.05) is 50.0 Å². The molecule has 2 N–H and O–H groups in total. The highest BCUT2D eigenvalue weighted by molar-refractivity contribution is 5.95. The standard InChI is InChI=1S/C14H22N4O2/c1-3-17-5-7-18(8-6-17)13-12(14(19)20-4-2)9-11(15)10-16-13/h9-10H,3-8,15H2,1-2H3. The second kappa shape index (κ2) is 6.56. The second-order valence-electron chi connectivity index (χ2n) is 4.78. The summed E-state index contributed by atoms with van der Waals surface area (Å²) in [5.74, 6) is 0.314. The second-order valence-corrected chi connectivity index (χ2v) is 4.78. The van der Waals surface area contributed by atoms with E-state index in [1.165, 1.54) is 0 Å². The van der Waals surface area contributed by atoms with Crippen molar-refractivity contribution in [1.82, 2.24) is 9.88 Å². The van der Waals surface area contributed by atoms with Crippen molar-refractivity contribution < 1.29 is 9.53 Å². The number of nitrogen functional groups attached to an aromatic ring is 1. The van der Waals surface area contributed by atoms with E-state index in [2.05, 4.69) is 21.7 Å². The average Bonchev–Trinajstić information content (AvgIpc) is 2.47. The Bertz CT molecular complexity index is 470. The maximum atomic E-state index is 12.0. The molecule has 0 amide bonds. The van der Waals surface area contributed by atoms with Crippen molar-refractivity contribution in [3.63, 3.8) is 0 Å². The number of nitrogens with two attached hydrogens (primary N) is 1. The first-order valence-corrected chi connectivity index (χ1v) is 7.05. The fraction of sp³-hybridized carbons (Fsp3) is 0.571. The maximum Gasteiger partial charge on any atom is 0.341 e. The van der Waals surface area contributed by atoms with Crippen LogP contribution in [0, 0.1) is 0 Å². The van der Waals surface area contributed by atoms with Crippen LogP contribution in [0.3, 0.4) is 0 Å². The molecule has 6 heteroatoms. The number of hydrogen-bond acceptors (Lipinski definition) is 6. The summed E-state index contributed by atoms with van der Waals surface area (Å²) in [5, 5.41) is 0. The molecule has 0 unspecified atom stereocenters. The molecule has 0 aromatic carbocycles. The number of carbonyl (C=O) groups is 1. The molecule has 1 aromatic rings. The van der Waals surface area contributed by atoms with Gasteiger partial charge in [-0.2, -0.15) is 0 Å². The van der Waals surface area contributed by atoms with Gasteiger partial charge in [-0.25, -0.2) is 9.78 Å². The zero-order chi connectivity index (χ0) is 14.5. The monoisotopic (exact) mass is 278 g/mol. The minimum atomic E-state index is -0.361. The van der Waals surface area contributed by atoms with E-state index < -0.39 is 0 Å². The summed E-state index contributed by atoms with van der Waals surface area (Å²) >= 11 is 0. The lowest BCUT2D eigenvalue weighted by Crippen LogP contribution is -2.47. The van der Waals surface area contributed by atoms with Gasteiger partial charge in [0.25, 0.3) is 0 Å².